The number of aryl methyl sites for hydroxylation is 1. The molecule has 1 aliphatic heterocycles. The summed E-state index contributed by atoms with van der Waals surface area (Å²) in [6.45, 7) is 1.70. The first-order valence-electron chi connectivity index (χ1n) is 10.2. The molecule has 174 valence electrons. The molecule has 3 aromatic carbocycles. The molecule has 34 heavy (non-hydrogen) atoms. The van der Waals surface area contributed by atoms with Crippen molar-refractivity contribution in [2.24, 2.45) is 0 Å². The topological polar surface area (TPSA) is 80.3 Å². The van der Waals surface area contributed by atoms with Crippen LogP contribution in [-0.2, 0) is 0 Å². The summed E-state index contributed by atoms with van der Waals surface area (Å²) in [6.07, 6.45) is 1.35. The van der Waals surface area contributed by atoms with Crippen molar-refractivity contribution in [2.45, 2.75) is 6.92 Å². The predicted octanol–water partition coefficient (Wildman–Crippen LogP) is 5.00. The zero-order valence-corrected chi connectivity index (χ0v) is 18.9. The van der Waals surface area contributed by atoms with E-state index in [9.17, 15) is 14.0 Å². The molecule has 0 amide bonds. The number of esters is 1. The van der Waals surface area contributed by atoms with Crippen molar-refractivity contribution in [3.05, 3.63) is 82.4 Å². The highest BCUT2D eigenvalue weighted by molar-refractivity contribution is 6.15. The monoisotopic (exact) mass is 464 g/mol. The molecule has 0 bridgehead atoms. The molecular formula is C26H21FO7. The summed E-state index contributed by atoms with van der Waals surface area (Å²) in [4.78, 5) is 25.7. The number of ketones is 1. The highest BCUT2D eigenvalue weighted by Gasteiger charge is 2.30. The second kappa shape index (κ2) is 9.27. The molecule has 0 saturated carbocycles. The first-order valence-corrected chi connectivity index (χ1v) is 10.2. The van der Waals surface area contributed by atoms with E-state index >= 15 is 0 Å². The van der Waals surface area contributed by atoms with Gasteiger partial charge in [-0.1, -0.05) is 18.2 Å². The van der Waals surface area contributed by atoms with Crippen LogP contribution in [0.1, 0.15) is 31.8 Å². The molecule has 0 saturated heterocycles. The number of Topliss-reactive ketones (excluding diaryl/α,β-unsaturated/α-hetero) is 1. The smallest absolute Gasteiger partial charge is 0.343 e. The summed E-state index contributed by atoms with van der Waals surface area (Å²) in [6, 6.07) is 12.0. The Hall–Kier alpha value is -4.33. The van der Waals surface area contributed by atoms with Crippen molar-refractivity contribution in [2.75, 3.05) is 21.3 Å². The fourth-order valence-corrected chi connectivity index (χ4v) is 3.63. The van der Waals surface area contributed by atoms with Gasteiger partial charge in [0.15, 0.2) is 17.3 Å². The molecule has 0 unspecified atom stereocenters. The maximum absolute atomic E-state index is 14.0. The minimum Gasteiger partial charge on any atom is -0.493 e. The third kappa shape index (κ3) is 4.17. The van der Waals surface area contributed by atoms with Gasteiger partial charge in [0.05, 0.1) is 32.5 Å². The minimum atomic E-state index is -0.676. The summed E-state index contributed by atoms with van der Waals surface area (Å²) >= 11 is 0. The third-order valence-electron chi connectivity index (χ3n) is 5.25. The van der Waals surface area contributed by atoms with Crippen LogP contribution in [0.3, 0.4) is 0 Å². The van der Waals surface area contributed by atoms with Crippen LogP contribution in [-0.4, -0.2) is 33.1 Å². The number of carbonyl (C=O) groups is 2. The van der Waals surface area contributed by atoms with E-state index in [-0.39, 0.29) is 34.2 Å². The normalized spacial score (nSPS) is 13.3. The number of benzene rings is 3. The molecular weight excluding hydrogens is 443 g/mol. The van der Waals surface area contributed by atoms with Crippen LogP contribution in [0.5, 0.6) is 28.7 Å². The van der Waals surface area contributed by atoms with Gasteiger partial charge >= 0.3 is 5.97 Å². The number of rotatable bonds is 6. The lowest BCUT2D eigenvalue weighted by Crippen LogP contribution is -2.10. The molecule has 8 heteroatoms. The number of hydrogen-bond donors (Lipinski definition) is 0. The van der Waals surface area contributed by atoms with Crippen molar-refractivity contribution in [1.29, 1.82) is 0 Å². The molecule has 0 N–H and O–H groups in total. The number of halogens is 1. The van der Waals surface area contributed by atoms with Gasteiger partial charge in [0.25, 0.3) is 0 Å². The van der Waals surface area contributed by atoms with Crippen LogP contribution in [0.2, 0.25) is 0 Å². The number of allylic oxidation sites excluding steroid dienone is 1. The van der Waals surface area contributed by atoms with Gasteiger partial charge in [0, 0.05) is 11.6 Å². The summed E-state index contributed by atoms with van der Waals surface area (Å²) < 4.78 is 41.0. The predicted molar refractivity (Wildman–Crippen MR) is 122 cm³/mol. The largest absolute Gasteiger partial charge is 0.493 e. The molecule has 1 heterocycles. The Balaban J connectivity index is 1.62. The fourth-order valence-electron chi connectivity index (χ4n) is 3.63. The highest BCUT2D eigenvalue weighted by atomic mass is 19.1. The van der Waals surface area contributed by atoms with Crippen LogP contribution in [0.15, 0.2) is 54.3 Å². The Morgan fingerprint density at radius 3 is 2.26 bits per heavy atom. The van der Waals surface area contributed by atoms with Crippen molar-refractivity contribution in [1.82, 2.24) is 0 Å². The number of fused-ring (bicyclic) bond motifs is 1. The Labute approximate surface area is 195 Å². The van der Waals surface area contributed by atoms with Crippen molar-refractivity contribution in [3.63, 3.8) is 0 Å². The number of hydrogen-bond acceptors (Lipinski definition) is 7. The first kappa shape index (κ1) is 22.8. The minimum absolute atomic E-state index is 0.0173. The van der Waals surface area contributed by atoms with Gasteiger partial charge in [-0.05, 0) is 42.8 Å². The standard InChI is InChI=1S/C26H21FO7/c1-14-9-17(33-26(29)16-11-21(30-2)25(32-4)22(12-16)31-3)13-19-23(14)24(28)20(34-19)10-15-7-5-6-8-18(15)27/h5-13H,1-4H3/b20-10-. The Bertz CT molecular complexity index is 1300. The quantitative estimate of drug-likeness (QED) is 0.289. The highest BCUT2D eigenvalue weighted by Crippen LogP contribution is 2.40. The van der Waals surface area contributed by atoms with Crippen LogP contribution in [0.4, 0.5) is 4.39 Å². The van der Waals surface area contributed by atoms with E-state index in [0.717, 1.165) is 0 Å². The van der Waals surface area contributed by atoms with Crippen molar-refractivity contribution < 1.29 is 37.7 Å². The lowest BCUT2D eigenvalue weighted by atomic mass is 10.0. The average Bonchev–Trinajstić information content (AvgIpc) is 3.14. The Morgan fingerprint density at radius 2 is 1.65 bits per heavy atom. The molecule has 0 atom stereocenters. The lowest BCUT2D eigenvalue weighted by Gasteiger charge is -2.14. The van der Waals surface area contributed by atoms with E-state index in [2.05, 4.69) is 0 Å². The number of methoxy groups -OCH3 is 3. The van der Waals surface area contributed by atoms with Gasteiger partial charge in [-0.25, -0.2) is 9.18 Å². The lowest BCUT2D eigenvalue weighted by molar-refractivity contribution is 0.0733. The van der Waals surface area contributed by atoms with Gasteiger partial charge in [-0.2, -0.15) is 0 Å². The zero-order valence-electron chi connectivity index (χ0n) is 18.9. The molecule has 0 aromatic heterocycles. The first-order chi connectivity index (χ1) is 16.4. The molecule has 4 rings (SSSR count). The second-order valence-corrected chi connectivity index (χ2v) is 7.38. The van der Waals surface area contributed by atoms with E-state index < -0.39 is 11.8 Å². The zero-order chi connectivity index (χ0) is 24.4. The van der Waals surface area contributed by atoms with Gasteiger partial charge in [0.1, 0.15) is 17.3 Å². The Kier molecular flexibility index (Phi) is 6.23. The third-order valence-corrected chi connectivity index (χ3v) is 5.25. The van der Waals surface area contributed by atoms with E-state index in [1.165, 1.54) is 51.7 Å². The molecule has 0 aliphatic carbocycles. The van der Waals surface area contributed by atoms with Crippen LogP contribution in [0, 0.1) is 12.7 Å². The maximum Gasteiger partial charge on any atom is 0.343 e. The van der Waals surface area contributed by atoms with E-state index in [1.807, 2.05) is 0 Å². The van der Waals surface area contributed by atoms with Crippen LogP contribution < -0.4 is 23.7 Å². The van der Waals surface area contributed by atoms with Crippen molar-refractivity contribution >= 4 is 17.8 Å². The van der Waals surface area contributed by atoms with Crippen LogP contribution in [0.25, 0.3) is 6.08 Å². The van der Waals surface area contributed by atoms with Gasteiger partial charge in [-0.15, -0.1) is 0 Å². The molecule has 7 nitrogen and oxygen atoms in total. The fraction of sp³-hybridized carbons (Fsp3) is 0.154. The summed E-state index contributed by atoms with van der Waals surface area (Å²) in [5.41, 5.74) is 1.28. The van der Waals surface area contributed by atoms with Crippen molar-refractivity contribution in [3.8, 4) is 28.7 Å². The maximum atomic E-state index is 14.0. The molecule has 0 radical (unpaired) electrons. The molecule has 0 spiro atoms. The molecule has 3 aromatic rings. The Morgan fingerprint density at radius 1 is 0.971 bits per heavy atom. The summed E-state index contributed by atoms with van der Waals surface area (Å²) in [7, 11) is 4.34. The van der Waals surface area contributed by atoms with Crippen LogP contribution >= 0.6 is 0 Å². The second-order valence-electron chi connectivity index (χ2n) is 7.38. The van der Waals surface area contributed by atoms with E-state index in [0.29, 0.717) is 28.4 Å². The number of carbonyl (C=O) groups excluding carboxylic acids is 2. The van der Waals surface area contributed by atoms with Gasteiger partial charge < -0.3 is 23.7 Å². The van der Waals surface area contributed by atoms with E-state index in [1.54, 1.807) is 31.2 Å². The number of ether oxygens (including phenoxy) is 5. The SMILES string of the molecule is COc1cc(C(=O)Oc2cc(C)c3c(c2)O/C(=C\c2ccccc2F)C3=O)cc(OC)c1OC. The van der Waals surface area contributed by atoms with E-state index in [4.69, 9.17) is 23.7 Å². The molecule has 1 aliphatic rings. The summed E-state index contributed by atoms with van der Waals surface area (Å²) in [5.74, 6) is -0.198. The van der Waals surface area contributed by atoms with Gasteiger partial charge in [0.2, 0.25) is 11.5 Å². The van der Waals surface area contributed by atoms with Gasteiger partial charge in [-0.3, -0.25) is 4.79 Å². The average molecular weight is 464 g/mol. The summed E-state index contributed by atoms with van der Waals surface area (Å²) in [5, 5.41) is 0. The molecule has 0 fully saturated rings.